The minimum absolute atomic E-state index is 0.0690. The molecule has 0 saturated carbocycles. The van der Waals surface area contributed by atoms with E-state index in [-0.39, 0.29) is 24.0 Å². The summed E-state index contributed by atoms with van der Waals surface area (Å²) in [6.07, 6.45) is 4.37. The number of nitrogens with zero attached hydrogens (tertiary/aromatic N) is 3. The summed E-state index contributed by atoms with van der Waals surface area (Å²) in [6, 6.07) is 5.36. The minimum Gasteiger partial charge on any atom is -0.464 e. The van der Waals surface area contributed by atoms with Gasteiger partial charge in [0.15, 0.2) is 5.82 Å². The Labute approximate surface area is 158 Å². The largest absolute Gasteiger partial charge is 0.464 e. The molecule has 0 aliphatic carbocycles. The minimum atomic E-state index is -0.323. The molecule has 0 bridgehead atoms. The van der Waals surface area contributed by atoms with Gasteiger partial charge < -0.3 is 19.1 Å². The van der Waals surface area contributed by atoms with Gasteiger partial charge in [0.05, 0.1) is 13.2 Å². The predicted molar refractivity (Wildman–Crippen MR) is 99.6 cm³/mol. The van der Waals surface area contributed by atoms with E-state index in [0.717, 1.165) is 25.9 Å². The number of nitrogens with one attached hydrogen (secondary N) is 1. The summed E-state index contributed by atoms with van der Waals surface area (Å²) in [5, 5.41) is 6.65. The fourth-order valence-corrected chi connectivity index (χ4v) is 3.71. The molecular weight excluding hydrogens is 348 g/mol. The Morgan fingerprint density at radius 3 is 2.74 bits per heavy atom. The van der Waals surface area contributed by atoms with Gasteiger partial charge in [-0.15, -0.1) is 0 Å². The van der Waals surface area contributed by atoms with E-state index in [1.54, 1.807) is 19.1 Å². The van der Waals surface area contributed by atoms with E-state index in [1.807, 2.05) is 23.8 Å². The Hall–Kier alpha value is -2.61. The lowest BCUT2D eigenvalue weighted by Gasteiger charge is -2.37. The number of likely N-dealkylation sites (tertiary alicyclic amines) is 1. The zero-order chi connectivity index (χ0) is 19.4. The number of ether oxygens (including phenoxy) is 1. The summed E-state index contributed by atoms with van der Waals surface area (Å²) in [6.45, 7) is 5.36. The molecule has 8 heteroatoms. The molecule has 1 N–H and O–H groups in total. The number of carbonyl (C=O) groups excluding carboxylic acids is 2. The lowest BCUT2D eigenvalue weighted by molar-refractivity contribution is -0.122. The third-order valence-electron chi connectivity index (χ3n) is 5.08. The van der Waals surface area contributed by atoms with E-state index < -0.39 is 0 Å². The zero-order valence-electron chi connectivity index (χ0n) is 16.0. The SMILES string of the molecule is CCC(C(=O)Nc1cc(C)on1)N1CCC(n2cccc2C(=O)OC)CC1. The van der Waals surface area contributed by atoms with Crippen molar-refractivity contribution in [2.75, 3.05) is 25.5 Å². The van der Waals surface area contributed by atoms with Crippen molar-refractivity contribution < 1.29 is 18.8 Å². The van der Waals surface area contributed by atoms with Gasteiger partial charge in [0.1, 0.15) is 11.5 Å². The highest BCUT2D eigenvalue weighted by Crippen LogP contribution is 2.27. The van der Waals surface area contributed by atoms with Gasteiger partial charge in [-0.3, -0.25) is 9.69 Å². The number of hydrogen-bond donors (Lipinski definition) is 1. The number of aromatic nitrogens is 2. The van der Waals surface area contributed by atoms with E-state index >= 15 is 0 Å². The number of carbonyl (C=O) groups is 2. The second-order valence-corrected chi connectivity index (χ2v) is 6.80. The molecule has 1 atom stereocenters. The van der Waals surface area contributed by atoms with Crippen LogP contribution in [0.15, 0.2) is 28.9 Å². The average Bonchev–Trinajstić information content (AvgIpc) is 3.31. The van der Waals surface area contributed by atoms with Crippen molar-refractivity contribution in [1.29, 1.82) is 0 Å². The standard InChI is InChI=1S/C19H26N4O4/c1-4-15(18(24)20-17-12-13(2)27-21-17)22-10-7-14(8-11-22)23-9-5-6-16(23)19(25)26-3/h5-6,9,12,14-15H,4,7-8,10-11H2,1-3H3,(H,20,21,24). The molecule has 1 fully saturated rings. The maximum absolute atomic E-state index is 12.6. The van der Waals surface area contributed by atoms with Crippen LogP contribution in [0.25, 0.3) is 0 Å². The molecule has 27 heavy (non-hydrogen) atoms. The molecule has 1 aliphatic rings. The van der Waals surface area contributed by atoms with Crippen LogP contribution in [-0.2, 0) is 9.53 Å². The van der Waals surface area contributed by atoms with Crippen molar-refractivity contribution in [3.8, 4) is 0 Å². The summed E-state index contributed by atoms with van der Waals surface area (Å²) in [4.78, 5) is 26.7. The normalized spacial score (nSPS) is 16.9. The number of esters is 1. The topological polar surface area (TPSA) is 89.6 Å². The third-order valence-corrected chi connectivity index (χ3v) is 5.08. The molecule has 1 saturated heterocycles. The van der Waals surface area contributed by atoms with Gasteiger partial charge in [-0.1, -0.05) is 12.1 Å². The molecule has 146 valence electrons. The second-order valence-electron chi connectivity index (χ2n) is 6.80. The Balaban J connectivity index is 1.61. The molecule has 3 heterocycles. The molecular formula is C19H26N4O4. The first-order chi connectivity index (χ1) is 13.0. The Morgan fingerprint density at radius 2 is 2.15 bits per heavy atom. The third kappa shape index (κ3) is 4.21. The first kappa shape index (κ1) is 19.2. The molecule has 1 aliphatic heterocycles. The van der Waals surface area contributed by atoms with E-state index in [9.17, 15) is 9.59 Å². The highest BCUT2D eigenvalue weighted by molar-refractivity contribution is 5.94. The number of methoxy groups -OCH3 is 1. The molecule has 1 amide bonds. The van der Waals surface area contributed by atoms with Gasteiger partial charge >= 0.3 is 5.97 Å². The quantitative estimate of drug-likeness (QED) is 0.782. The Morgan fingerprint density at radius 1 is 1.41 bits per heavy atom. The second kappa shape index (κ2) is 8.39. The first-order valence-electron chi connectivity index (χ1n) is 9.26. The number of aryl methyl sites for hydroxylation is 1. The number of amides is 1. The van der Waals surface area contributed by atoms with Crippen molar-refractivity contribution in [3.63, 3.8) is 0 Å². The molecule has 1 unspecified atom stereocenters. The van der Waals surface area contributed by atoms with E-state index in [0.29, 0.717) is 23.7 Å². The lowest BCUT2D eigenvalue weighted by Crippen LogP contribution is -2.47. The summed E-state index contributed by atoms with van der Waals surface area (Å²) in [5.74, 6) is 0.713. The molecule has 3 rings (SSSR count). The average molecular weight is 374 g/mol. The number of rotatable bonds is 6. The van der Waals surface area contributed by atoms with Crippen LogP contribution in [0.1, 0.15) is 48.5 Å². The number of anilines is 1. The van der Waals surface area contributed by atoms with Gasteiger partial charge in [-0.2, -0.15) is 0 Å². The van der Waals surface area contributed by atoms with E-state index in [2.05, 4.69) is 15.4 Å². The zero-order valence-corrected chi connectivity index (χ0v) is 16.0. The van der Waals surface area contributed by atoms with Crippen molar-refractivity contribution in [1.82, 2.24) is 14.6 Å². The maximum Gasteiger partial charge on any atom is 0.354 e. The lowest BCUT2D eigenvalue weighted by atomic mass is 10.0. The van der Waals surface area contributed by atoms with Crippen molar-refractivity contribution >= 4 is 17.7 Å². The summed E-state index contributed by atoms with van der Waals surface area (Å²) >= 11 is 0. The Kier molecular flexibility index (Phi) is 5.95. The van der Waals surface area contributed by atoms with Crippen molar-refractivity contribution in [2.45, 2.75) is 45.2 Å². The van der Waals surface area contributed by atoms with Gasteiger partial charge in [-0.25, -0.2) is 4.79 Å². The van der Waals surface area contributed by atoms with Gasteiger partial charge in [0.2, 0.25) is 5.91 Å². The highest BCUT2D eigenvalue weighted by atomic mass is 16.5. The van der Waals surface area contributed by atoms with Crippen LogP contribution in [0.4, 0.5) is 5.82 Å². The summed E-state index contributed by atoms with van der Waals surface area (Å²) in [7, 11) is 1.39. The van der Waals surface area contributed by atoms with Gasteiger partial charge in [0.25, 0.3) is 0 Å². The van der Waals surface area contributed by atoms with Gasteiger partial charge in [0, 0.05) is 31.4 Å². The fraction of sp³-hybridized carbons (Fsp3) is 0.526. The number of hydrogen-bond acceptors (Lipinski definition) is 6. The number of piperidine rings is 1. The maximum atomic E-state index is 12.6. The molecule has 0 aromatic carbocycles. The molecule has 2 aromatic rings. The first-order valence-corrected chi connectivity index (χ1v) is 9.26. The van der Waals surface area contributed by atoms with Crippen LogP contribution in [0.2, 0.25) is 0 Å². The van der Waals surface area contributed by atoms with Crippen LogP contribution in [0, 0.1) is 6.92 Å². The summed E-state index contributed by atoms with van der Waals surface area (Å²) in [5.41, 5.74) is 0.571. The molecule has 0 radical (unpaired) electrons. The predicted octanol–water partition coefficient (Wildman–Crippen LogP) is 2.63. The van der Waals surface area contributed by atoms with Crippen LogP contribution >= 0.6 is 0 Å². The van der Waals surface area contributed by atoms with Crippen LogP contribution < -0.4 is 5.32 Å². The monoisotopic (exact) mass is 374 g/mol. The van der Waals surface area contributed by atoms with Crippen LogP contribution in [-0.4, -0.2) is 52.7 Å². The molecule has 0 spiro atoms. The van der Waals surface area contributed by atoms with Crippen LogP contribution in [0.3, 0.4) is 0 Å². The molecule has 2 aromatic heterocycles. The highest BCUT2D eigenvalue weighted by Gasteiger charge is 2.30. The van der Waals surface area contributed by atoms with E-state index in [4.69, 9.17) is 9.26 Å². The Bertz CT molecular complexity index is 789. The fourth-order valence-electron chi connectivity index (χ4n) is 3.71. The van der Waals surface area contributed by atoms with Crippen LogP contribution in [0.5, 0.6) is 0 Å². The van der Waals surface area contributed by atoms with Gasteiger partial charge in [-0.05, 0) is 38.3 Å². The molecule has 8 nitrogen and oxygen atoms in total. The van der Waals surface area contributed by atoms with E-state index in [1.165, 1.54) is 7.11 Å². The van der Waals surface area contributed by atoms with Crippen molar-refractivity contribution in [2.24, 2.45) is 0 Å². The van der Waals surface area contributed by atoms with Crippen molar-refractivity contribution in [3.05, 3.63) is 35.9 Å². The summed E-state index contributed by atoms with van der Waals surface area (Å²) < 4.78 is 11.8. The smallest absolute Gasteiger partial charge is 0.354 e.